The average molecular weight is 411 g/mol. The Hall–Kier alpha value is -2.59. The summed E-state index contributed by atoms with van der Waals surface area (Å²) in [6.45, 7) is 0.211. The van der Waals surface area contributed by atoms with Gasteiger partial charge in [0.15, 0.2) is 11.2 Å². The maximum Gasteiger partial charge on any atom is 0.353 e. The molecule has 2 heterocycles. The number of imidazole rings is 1. The summed E-state index contributed by atoms with van der Waals surface area (Å²) in [5.41, 5.74) is 7.00. The molecule has 3 rings (SSSR count). The van der Waals surface area contributed by atoms with Crippen LogP contribution in [0, 0.1) is 5.82 Å². The first-order chi connectivity index (χ1) is 13.4. The highest BCUT2D eigenvalue weighted by Gasteiger charge is 2.20. The summed E-state index contributed by atoms with van der Waals surface area (Å²) in [4.78, 5) is 22.0. The van der Waals surface area contributed by atoms with E-state index < -0.39 is 19.8 Å². The number of hydrogen-bond donors (Lipinski definition) is 2. The molecule has 1 atom stereocenters. The predicted octanol–water partition coefficient (Wildman–Crippen LogP) is 1.93. The number of hydrogen-bond acceptors (Lipinski definition) is 8. The monoisotopic (exact) mass is 411 g/mol. The minimum Gasteiger partial charge on any atom is -0.479 e. The molecule has 3 N–H and O–H groups in total. The molecule has 0 amide bonds. The molecule has 3 aromatic rings. The first-order valence-corrected chi connectivity index (χ1v) is 9.95. The standard InChI is InChI=1S/C16H19FN5O5P/c1-25-15-13-14(20-16(18)21-15)22(9-19-13)5-6-26-10-28(23,24)27-8-11-3-2-4-12(17)7-11/h2-4,7,9H,5-6,8,10H2,1H3,(H,23,24)(H2,18,20,21). The third kappa shape index (κ3) is 5.02. The lowest BCUT2D eigenvalue weighted by Gasteiger charge is -2.13. The van der Waals surface area contributed by atoms with Gasteiger partial charge in [-0.25, -0.2) is 9.37 Å². The van der Waals surface area contributed by atoms with Crippen molar-refractivity contribution in [2.24, 2.45) is 0 Å². The Morgan fingerprint density at radius 1 is 1.36 bits per heavy atom. The summed E-state index contributed by atoms with van der Waals surface area (Å²) in [7, 11) is -2.53. The van der Waals surface area contributed by atoms with Gasteiger partial charge in [-0.1, -0.05) is 12.1 Å². The topological polar surface area (TPSA) is 135 Å². The number of nitrogen functional groups attached to an aromatic ring is 1. The maximum atomic E-state index is 13.1. The number of ether oxygens (including phenoxy) is 2. The van der Waals surface area contributed by atoms with Crippen LogP contribution in [-0.4, -0.2) is 44.5 Å². The van der Waals surface area contributed by atoms with Crippen molar-refractivity contribution in [3.8, 4) is 5.88 Å². The Bertz CT molecular complexity index is 1010. The summed E-state index contributed by atoms with van der Waals surface area (Å²) in [6.07, 6.45) is 1.01. The number of anilines is 1. The molecule has 150 valence electrons. The molecular formula is C16H19FN5O5P. The fourth-order valence-electron chi connectivity index (χ4n) is 2.42. The minimum absolute atomic E-state index is 0.0395. The second kappa shape index (κ2) is 8.61. The van der Waals surface area contributed by atoms with E-state index in [0.717, 1.165) is 0 Å². The van der Waals surface area contributed by atoms with Gasteiger partial charge in [-0.2, -0.15) is 9.97 Å². The fraction of sp³-hybridized carbons (Fsp3) is 0.312. The zero-order chi connectivity index (χ0) is 20.1. The van der Waals surface area contributed by atoms with Gasteiger partial charge in [-0.15, -0.1) is 0 Å². The normalized spacial score (nSPS) is 13.5. The highest BCUT2D eigenvalue weighted by Crippen LogP contribution is 2.42. The number of benzene rings is 1. The summed E-state index contributed by atoms with van der Waals surface area (Å²) in [5, 5.41) is 0. The molecule has 0 saturated heterocycles. The molecule has 2 aromatic heterocycles. The number of aromatic nitrogens is 4. The van der Waals surface area contributed by atoms with Crippen LogP contribution in [0.1, 0.15) is 5.56 Å². The molecule has 0 aliphatic rings. The molecule has 1 aromatic carbocycles. The Labute approximate surface area is 159 Å². The van der Waals surface area contributed by atoms with Gasteiger partial charge in [0.25, 0.3) is 0 Å². The number of fused-ring (bicyclic) bond motifs is 1. The summed E-state index contributed by atoms with van der Waals surface area (Å²) >= 11 is 0. The summed E-state index contributed by atoms with van der Waals surface area (Å²) in [5.74, 6) is -0.149. The lowest BCUT2D eigenvalue weighted by molar-refractivity contribution is 0.136. The zero-order valence-corrected chi connectivity index (χ0v) is 15.9. The van der Waals surface area contributed by atoms with Crippen LogP contribution in [0.15, 0.2) is 30.6 Å². The number of methoxy groups -OCH3 is 1. The van der Waals surface area contributed by atoms with E-state index in [2.05, 4.69) is 15.0 Å². The Morgan fingerprint density at radius 3 is 2.93 bits per heavy atom. The summed E-state index contributed by atoms with van der Waals surface area (Å²) in [6, 6.07) is 5.59. The number of halogens is 1. The highest BCUT2D eigenvalue weighted by molar-refractivity contribution is 7.52. The van der Waals surface area contributed by atoms with Gasteiger partial charge in [-0.3, -0.25) is 4.57 Å². The third-order valence-electron chi connectivity index (χ3n) is 3.70. The quantitative estimate of drug-likeness (QED) is 0.400. The smallest absolute Gasteiger partial charge is 0.353 e. The molecule has 0 fully saturated rings. The van der Waals surface area contributed by atoms with E-state index in [1.54, 1.807) is 10.6 Å². The lowest BCUT2D eigenvalue weighted by Crippen LogP contribution is -2.08. The molecule has 0 aliphatic heterocycles. The molecular weight excluding hydrogens is 392 g/mol. The van der Waals surface area contributed by atoms with Crippen molar-refractivity contribution in [3.63, 3.8) is 0 Å². The largest absolute Gasteiger partial charge is 0.479 e. The van der Waals surface area contributed by atoms with Crippen molar-refractivity contribution in [2.75, 3.05) is 25.8 Å². The second-order valence-corrected chi connectivity index (χ2v) is 7.57. The summed E-state index contributed by atoms with van der Waals surface area (Å²) < 4.78 is 42.1. The Kier molecular flexibility index (Phi) is 6.20. The predicted molar refractivity (Wildman–Crippen MR) is 98.1 cm³/mol. The van der Waals surface area contributed by atoms with Crippen molar-refractivity contribution < 1.29 is 27.8 Å². The fourth-order valence-corrected chi connectivity index (χ4v) is 3.21. The van der Waals surface area contributed by atoms with Crippen molar-refractivity contribution >= 4 is 24.7 Å². The first-order valence-electron chi connectivity index (χ1n) is 8.19. The lowest BCUT2D eigenvalue weighted by atomic mass is 10.2. The van der Waals surface area contributed by atoms with Crippen LogP contribution in [0.25, 0.3) is 11.2 Å². The van der Waals surface area contributed by atoms with Gasteiger partial charge in [0.1, 0.15) is 12.2 Å². The van der Waals surface area contributed by atoms with Crippen LogP contribution in [0.4, 0.5) is 10.3 Å². The molecule has 10 nitrogen and oxygen atoms in total. The van der Waals surface area contributed by atoms with Gasteiger partial charge in [-0.05, 0) is 17.7 Å². The maximum absolute atomic E-state index is 13.1. The van der Waals surface area contributed by atoms with Gasteiger partial charge >= 0.3 is 7.60 Å². The van der Waals surface area contributed by atoms with E-state index in [1.807, 2.05) is 0 Å². The van der Waals surface area contributed by atoms with E-state index in [1.165, 1.54) is 31.6 Å². The van der Waals surface area contributed by atoms with Crippen LogP contribution in [-0.2, 0) is 27.0 Å². The van der Waals surface area contributed by atoms with E-state index in [9.17, 15) is 13.8 Å². The van der Waals surface area contributed by atoms with Gasteiger partial charge in [0, 0.05) is 6.54 Å². The average Bonchev–Trinajstić information content (AvgIpc) is 3.06. The van der Waals surface area contributed by atoms with Gasteiger partial charge in [0.05, 0.1) is 26.7 Å². The van der Waals surface area contributed by atoms with E-state index in [-0.39, 0.29) is 25.0 Å². The second-order valence-electron chi connectivity index (χ2n) is 5.78. The molecule has 0 radical (unpaired) electrons. The molecule has 0 saturated carbocycles. The van der Waals surface area contributed by atoms with Crippen molar-refractivity contribution in [1.29, 1.82) is 0 Å². The zero-order valence-electron chi connectivity index (χ0n) is 15.0. The van der Waals surface area contributed by atoms with Crippen molar-refractivity contribution in [1.82, 2.24) is 19.5 Å². The molecule has 0 spiro atoms. The van der Waals surface area contributed by atoms with Gasteiger partial charge < -0.3 is 29.2 Å². The van der Waals surface area contributed by atoms with Crippen LogP contribution >= 0.6 is 7.60 Å². The number of rotatable bonds is 9. The van der Waals surface area contributed by atoms with Crippen LogP contribution in [0.3, 0.4) is 0 Å². The first kappa shape index (κ1) is 20.2. The molecule has 28 heavy (non-hydrogen) atoms. The van der Waals surface area contributed by atoms with Crippen molar-refractivity contribution in [2.45, 2.75) is 13.2 Å². The van der Waals surface area contributed by atoms with Crippen LogP contribution in [0.2, 0.25) is 0 Å². The Morgan fingerprint density at radius 2 is 2.18 bits per heavy atom. The van der Waals surface area contributed by atoms with Crippen molar-refractivity contribution in [3.05, 3.63) is 42.0 Å². The van der Waals surface area contributed by atoms with E-state index in [0.29, 0.717) is 23.3 Å². The number of nitrogens with two attached hydrogens (primary N) is 1. The van der Waals surface area contributed by atoms with E-state index >= 15 is 0 Å². The molecule has 1 unspecified atom stereocenters. The SMILES string of the molecule is COc1nc(N)nc2c1ncn2CCOCP(=O)(O)OCc1cccc(F)c1. The molecule has 12 heteroatoms. The molecule has 0 aliphatic carbocycles. The highest BCUT2D eigenvalue weighted by atomic mass is 31.2. The third-order valence-corrected chi connectivity index (χ3v) is 4.74. The van der Waals surface area contributed by atoms with E-state index in [4.69, 9.17) is 19.7 Å². The minimum atomic E-state index is -3.98. The van der Waals surface area contributed by atoms with Crippen LogP contribution in [0.5, 0.6) is 5.88 Å². The Balaban J connectivity index is 1.52. The number of nitrogens with zero attached hydrogens (tertiary/aromatic N) is 4. The molecule has 0 bridgehead atoms. The van der Waals surface area contributed by atoms with Gasteiger partial charge in [0.2, 0.25) is 11.8 Å². The van der Waals surface area contributed by atoms with Crippen LogP contribution < -0.4 is 10.5 Å².